The van der Waals surface area contributed by atoms with E-state index in [0.29, 0.717) is 9.67 Å². The van der Waals surface area contributed by atoms with Crippen LogP contribution in [0, 0.1) is 12.8 Å². The third-order valence-electron chi connectivity index (χ3n) is 4.45. The van der Waals surface area contributed by atoms with E-state index in [4.69, 9.17) is 4.74 Å². The Labute approximate surface area is 151 Å². The van der Waals surface area contributed by atoms with Crippen LogP contribution in [0.4, 0.5) is 0 Å². The number of alkyl halides is 1. The van der Waals surface area contributed by atoms with Crippen molar-refractivity contribution in [1.29, 1.82) is 0 Å². The molecule has 120 valence electrons. The van der Waals surface area contributed by atoms with E-state index in [1.165, 1.54) is 11.1 Å². The number of carbonyl (C=O) groups is 1. The van der Waals surface area contributed by atoms with Gasteiger partial charge in [-0.05, 0) is 55.9 Å². The van der Waals surface area contributed by atoms with Gasteiger partial charge in [-0.15, -0.1) is 0 Å². The number of carbonyl (C=O) groups excluding carboxylic acids is 1. The molecule has 0 N–H and O–H groups in total. The van der Waals surface area contributed by atoms with E-state index in [1.54, 1.807) is 0 Å². The molecule has 0 spiro atoms. The fraction of sp³-hybridized carbons (Fsp3) is 0.350. The molecule has 0 heterocycles. The molecule has 2 nitrogen and oxygen atoms in total. The summed E-state index contributed by atoms with van der Waals surface area (Å²) in [4.78, 5) is 12.2. The Morgan fingerprint density at radius 3 is 2.00 bits per heavy atom. The molecule has 2 aromatic rings. The highest BCUT2D eigenvalue weighted by Crippen LogP contribution is 2.30. The fourth-order valence-electron chi connectivity index (χ4n) is 2.95. The predicted molar refractivity (Wildman–Crippen MR) is 102 cm³/mol. The average molecular weight is 420 g/mol. The summed E-state index contributed by atoms with van der Waals surface area (Å²) in [5, 5.41) is 0. The van der Waals surface area contributed by atoms with Gasteiger partial charge in [0.1, 0.15) is 5.75 Å². The molecular weight excluding hydrogens is 399 g/mol. The highest BCUT2D eigenvalue weighted by atomic mass is 127. The van der Waals surface area contributed by atoms with E-state index in [2.05, 4.69) is 53.8 Å². The number of aryl methyl sites for hydroxylation is 1. The maximum atomic E-state index is 12.2. The van der Waals surface area contributed by atoms with E-state index in [9.17, 15) is 4.79 Å². The normalized spacial score (nSPS) is 21.0. The Morgan fingerprint density at radius 2 is 1.43 bits per heavy atom. The molecule has 0 atom stereocenters. The third-order valence-corrected chi connectivity index (χ3v) is 5.69. The summed E-state index contributed by atoms with van der Waals surface area (Å²) in [6.07, 6.45) is 4.14. The van der Waals surface area contributed by atoms with E-state index in [0.717, 1.165) is 31.2 Å². The van der Waals surface area contributed by atoms with Crippen molar-refractivity contribution < 1.29 is 9.53 Å². The highest BCUT2D eigenvalue weighted by molar-refractivity contribution is 14.1. The van der Waals surface area contributed by atoms with Crippen molar-refractivity contribution in [3.63, 3.8) is 0 Å². The van der Waals surface area contributed by atoms with Crippen molar-refractivity contribution in [3.8, 4) is 16.9 Å². The minimum absolute atomic E-state index is 0.0674. The fourth-order valence-corrected chi connectivity index (χ4v) is 3.67. The molecular formula is C20H21IO2. The number of rotatable bonds is 3. The number of ether oxygens (including phenoxy) is 1. The highest BCUT2D eigenvalue weighted by Gasteiger charge is 2.26. The van der Waals surface area contributed by atoms with Crippen molar-refractivity contribution in [1.82, 2.24) is 0 Å². The van der Waals surface area contributed by atoms with Crippen molar-refractivity contribution in [2.45, 2.75) is 36.5 Å². The summed E-state index contributed by atoms with van der Waals surface area (Å²) in [5.41, 5.74) is 3.56. The topological polar surface area (TPSA) is 26.3 Å². The Bertz CT molecular complexity index is 653. The van der Waals surface area contributed by atoms with Crippen LogP contribution in [-0.2, 0) is 4.79 Å². The van der Waals surface area contributed by atoms with Crippen LogP contribution in [0.2, 0.25) is 0 Å². The maximum absolute atomic E-state index is 12.2. The minimum Gasteiger partial charge on any atom is -0.426 e. The lowest BCUT2D eigenvalue weighted by Gasteiger charge is -2.23. The Kier molecular flexibility index (Phi) is 5.36. The molecule has 0 bridgehead atoms. The van der Waals surface area contributed by atoms with Crippen molar-refractivity contribution in [3.05, 3.63) is 54.1 Å². The number of esters is 1. The van der Waals surface area contributed by atoms with Crippen LogP contribution in [0.1, 0.15) is 31.2 Å². The van der Waals surface area contributed by atoms with E-state index in [-0.39, 0.29) is 11.9 Å². The zero-order valence-electron chi connectivity index (χ0n) is 13.3. The molecule has 0 amide bonds. The predicted octanol–water partition coefficient (Wildman–Crippen LogP) is 5.56. The van der Waals surface area contributed by atoms with Gasteiger partial charge < -0.3 is 4.74 Å². The van der Waals surface area contributed by atoms with Crippen LogP contribution < -0.4 is 4.74 Å². The van der Waals surface area contributed by atoms with E-state index in [1.807, 2.05) is 24.3 Å². The van der Waals surface area contributed by atoms with Crippen molar-refractivity contribution >= 4 is 28.6 Å². The molecule has 1 aliphatic carbocycles. The molecule has 3 rings (SSSR count). The monoisotopic (exact) mass is 420 g/mol. The van der Waals surface area contributed by atoms with Crippen LogP contribution in [0.15, 0.2) is 48.5 Å². The average Bonchev–Trinajstić information content (AvgIpc) is 2.57. The zero-order valence-corrected chi connectivity index (χ0v) is 15.5. The van der Waals surface area contributed by atoms with Gasteiger partial charge >= 0.3 is 5.97 Å². The van der Waals surface area contributed by atoms with Crippen LogP contribution in [0.3, 0.4) is 0 Å². The Balaban J connectivity index is 1.63. The zero-order chi connectivity index (χ0) is 16.2. The quantitative estimate of drug-likeness (QED) is 0.281. The molecule has 0 saturated heterocycles. The van der Waals surface area contributed by atoms with E-state index >= 15 is 0 Å². The van der Waals surface area contributed by atoms with Crippen LogP contribution in [0.5, 0.6) is 5.75 Å². The molecule has 0 unspecified atom stereocenters. The lowest BCUT2D eigenvalue weighted by molar-refractivity contribution is -0.139. The molecule has 3 heteroatoms. The van der Waals surface area contributed by atoms with Gasteiger partial charge in [-0.25, -0.2) is 0 Å². The summed E-state index contributed by atoms with van der Waals surface area (Å²) >= 11 is 2.47. The number of benzene rings is 2. The number of hydrogen-bond acceptors (Lipinski definition) is 2. The Morgan fingerprint density at radius 1 is 0.913 bits per heavy atom. The SMILES string of the molecule is Cc1ccc(-c2ccc(OC(=O)C3CCC(I)CC3)cc2)cc1. The van der Waals surface area contributed by atoms with Crippen molar-refractivity contribution in [2.24, 2.45) is 5.92 Å². The van der Waals surface area contributed by atoms with Crippen molar-refractivity contribution in [2.75, 3.05) is 0 Å². The first-order valence-electron chi connectivity index (χ1n) is 8.14. The number of hydrogen-bond donors (Lipinski definition) is 0. The molecule has 0 aliphatic heterocycles. The second-order valence-electron chi connectivity index (χ2n) is 6.26. The van der Waals surface area contributed by atoms with Gasteiger partial charge in [0.15, 0.2) is 0 Å². The van der Waals surface area contributed by atoms with Gasteiger partial charge in [0.05, 0.1) is 5.92 Å². The summed E-state index contributed by atoms with van der Waals surface area (Å²) in [7, 11) is 0. The largest absolute Gasteiger partial charge is 0.426 e. The molecule has 1 aliphatic rings. The van der Waals surface area contributed by atoms with Gasteiger partial charge in [0.2, 0.25) is 0 Å². The standard InChI is InChI=1S/C20H21IO2/c1-14-2-4-15(5-3-14)16-8-12-19(13-9-16)23-20(22)17-6-10-18(21)11-7-17/h2-5,8-9,12-13,17-18H,6-7,10-11H2,1H3. The molecule has 0 aromatic heterocycles. The Hall–Kier alpha value is -1.36. The minimum atomic E-state index is -0.0728. The molecule has 0 radical (unpaired) electrons. The van der Waals surface area contributed by atoms with Crippen LogP contribution in [0.25, 0.3) is 11.1 Å². The first-order chi connectivity index (χ1) is 11.1. The second kappa shape index (κ2) is 7.47. The van der Waals surface area contributed by atoms with E-state index < -0.39 is 0 Å². The summed E-state index contributed by atoms with van der Waals surface area (Å²) in [5.74, 6) is 0.636. The number of halogens is 1. The third kappa shape index (κ3) is 4.34. The summed E-state index contributed by atoms with van der Waals surface area (Å²) in [6, 6.07) is 16.2. The summed E-state index contributed by atoms with van der Waals surface area (Å²) < 4.78 is 6.27. The first kappa shape index (κ1) is 16.5. The first-order valence-corrected chi connectivity index (χ1v) is 9.39. The van der Waals surface area contributed by atoms with Gasteiger partial charge in [-0.2, -0.15) is 0 Å². The van der Waals surface area contributed by atoms with Gasteiger partial charge in [0.25, 0.3) is 0 Å². The van der Waals surface area contributed by atoms with Gasteiger partial charge in [-0.3, -0.25) is 4.79 Å². The van der Waals surface area contributed by atoms with Gasteiger partial charge in [-0.1, -0.05) is 64.6 Å². The van der Waals surface area contributed by atoms with Crippen LogP contribution >= 0.6 is 22.6 Å². The molecule has 1 fully saturated rings. The second-order valence-corrected chi connectivity index (χ2v) is 8.02. The molecule has 2 aromatic carbocycles. The maximum Gasteiger partial charge on any atom is 0.314 e. The molecule has 1 saturated carbocycles. The van der Waals surface area contributed by atoms with Gasteiger partial charge in [0, 0.05) is 3.92 Å². The lowest BCUT2D eigenvalue weighted by Crippen LogP contribution is -2.25. The summed E-state index contributed by atoms with van der Waals surface area (Å²) in [6.45, 7) is 2.08. The lowest BCUT2D eigenvalue weighted by atomic mass is 9.89. The smallest absolute Gasteiger partial charge is 0.314 e. The van der Waals surface area contributed by atoms with Crippen LogP contribution in [-0.4, -0.2) is 9.89 Å². The molecule has 23 heavy (non-hydrogen) atoms.